The van der Waals surface area contributed by atoms with Crippen molar-refractivity contribution in [1.29, 1.82) is 0 Å². The van der Waals surface area contributed by atoms with E-state index >= 15 is 0 Å². The van der Waals surface area contributed by atoms with Gasteiger partial charge in [0, 0.05) is 56.3 Å². The van der Waals surface area contributed by atoms with E-state index in [0.29, 0.717) is 43.9 Å². The van der Waals surface area contributed by atoms with Crippen molar-refractivity contribution in [3.63, 3.8) is 0 Å². The van der Waals surface area contributed by atoms with Gasteiger partial charge < -0.3 is 4.90 Å². The topological polar surface area (TPSA) is 43.9 Å². The highest BCUT2D eigenvalue weighted by Gasteiger charge is 2.46. The Morgan fingerprint density at radius 3 is 2.15 bits per heavy atom. The van der Waals surface area contributed by atoms with E-state index in [1.807, 2.05) is 32.6 Å². The molecule has 0 saturated carbocycles. The number of carbonyl (C=O) groups is 2. The van der Waals surface area contributed by atoms with Crippen LogP contribution in [0, 0.1) is 17.6 Å². The molecule has 2 saturated heterocycles. The van der Waals surface area contributed by atoms with Gasteiger partial charge >= 0.3 is 6.18 Å². The highest BCUT2D eigenvalue weighted by atomic mass is 19.4. The summed E-state index contributed by atoms with van der Waals surface area (Å²) < 4.78 is 67.4. The summed E-state index contributed by atoms with van der Waals surface area (Å²) >= 11 is 0. The van der Waals surface area contributed by atoms with Gasteiger partial charge in [-0.15, -0.1) is 0 Å². The molecule has 0 aliphatic carbocycles. The molecular weight excluding hydrogens is 541 g/mol. The number of likely N-dealkylation sites (tertiary alicyclic amines) is 1. The smallest absolute Gasteiger partial charge is 0.337 e. The van der Waals surface area contributed by atoms with Crippen molar-refractivity contribution in [2.45, 2.75) is 70.8 Å². The van der Waals surface area contributed by atoms with Crippen LogP contribution in [-0.4, -0.2) is 76.7 Å². The molecule has 0 bridgehead atoms. The molecule has 2 aliphatic rings. The predicted molar refractivity (Wildman–Crippen MR) is 146 cm³/mol. The minimum absolute atomic E-state index is 0.0969. The molecule has 2 aromatic carbocycles. The molecule has 10 heteroatoms. The molecule has 0 aromatic heterocycles. The lowest BCUT2D eigenvalue weighted by atomic mass is 9.87. The quantitative estimate of drug-likeness (QED) is 0.423. The summed E-state index contributed by atoms with van der Waals surface area (Å²) in [5, 5.41) is 0. The second kappa shape index (κ2) is 11.8. The molecule has 4 atom stereocenters. The summed E-state index contributed by atoms with van der Waals surface area (Å²) in [6.07, 6.45) is -4.16. The fourth-order valence-corrected chi connectivity index (χ4v) is 6.11. The first-order valence-corrected chi connectivity index (χ1v) is 14.0. The zero-order chi connectivity index (χ0) is 30.3. The molecule has 4 rings (SSSR count). The number of carbonyl (C=O) groups excluding carboxylic acids is 2. The van der Waals surface area contributed by atoms with Crippen LogP contribution in [0.2, 0.25) is 0 Å². The molecule has 2 fully saturated rings. The van der Waals surface area contributed by atoms with Gasteiger partial charge in [-0.25, -0.2) is 8.78 Å². The first kappa shape index (κ1) is 31.1. The molecular formula is C31H38F5N3O2. The predicted octanol–water partition coefficient (Wildman–Crippen LogP) is 5.53. The van der Waals surface area contributed by atoms with E-state index in [1.54, 1.807) is 4.90 Å². The Morgan fingerprint density at radius 1 is 0.951 bits per heavy atom. The average Bonchev–Trinajstić information content (AvgIpc) is 3.32. The first-order chi connectivity index (χ1) is 19.1. The highest BCUT2D eigenvalue weighted by Crippen LogP contribution is 2.39. The highest BCUT2D eigenvalue weighted by molar-refractivity contribution is 5.82. The molecule has 1 amide bonds. The lowest BCUT2D eigenvalue weighted by Gasteiger charge is -2.44. The van der Waals surface area contributed by atoms with Crippen molar-refractivity contribution in [1.82, 2.24) is 14.7 Å². The van der Waals surface area contributed by atoms with Crippen LogP contribution >= 0.6 is 0 Å². The summed E-state index contributed by atoms with van der Waals surface area (Å²) in [4.78, 5) is 32.5. The van der Waals surface area contributed by atoms with E-state index in [-0.39, 0.29) is 29.7 Å². The summed E-state index contributed by atoms with van der Waals surface area (Å²) in [7, 11) is 0. The van der Waals surface area contributed by atoms with E-state index in [0.717, 1.165) is 18.2 Å². The third kappa shape index (κ3) is 6.97. The van der Waals surface area contributed by atoms with Crippen LogP contribution in [0.15, 0.2) is 42.5 Å². The zero-order valence-corrected chi connectivity index (χ0v) is 24.1. The van der Waals surface area contributed by atoms with Gasteiger partial charge in [-0.05, 0) is 70.4 Å². The Balaban J connectivity index is 1.49. The zero-order valence-electron chi connectivity index (χ0n) is 24.1. The van der Waals surface area contributed by atoms with Crippen molar-refractivity contribution in [2.24, 2.45) is 5.92 Å². The van der Waals surface area contributed by atoms with Crippen molar-refractivity contribution in [3.05, 3.63) is 70.8 Å². The number of halogens is 5. The standard InChI is InChI=1S/C31H38F5N3O2/c1-19-16-37(28(20(2)40)14-21-6-8-22(9-7-21)31(34,35)36)12-13-39(19)29(41)26-18-38(30(3,4)5)17-25(26)24-11-10-23(32)15-27(24)33/h6-11,15,19,25-26,28H,12-14,16-18H2,1-5H3/t19-,25-,26+,28-/m0/s1. The van der Waals surface area contributed by atoms with Gasteiger partial charge in [0.15, 0.2) is 0 Å². The number of rotatable bonds is 6. The minimum Gasteiger partial charge on any atom is -0.337 e. The van der Waals surface area contributed by atoms with Crippen LogP contribution in [0.4, 0.5) is 22.0 Å². The molecule has 0 spiro atoms. The minimum atomic E-state index is -4.43. The summed E-state index contributed by atoms with van der Waals surface area (Å²) in [5.41, 5.74) is -0.0314. The van der Waals surface area contributed by atoms with E-state index in [1.165, 1.54) is 31.2 Å². The van der Waals surface area contributed by atoms with E-state index < -0.39 is 41.3 Å². The summed E-state index contributed by atoms with van der Waals surface area (Å²) in [5.74, 6) is -2.47. The second-order valence-corrected chi connectivity index (χ2v) is 12.4. The van der Waals surface area contributed by atoms with E-state index in [4.69, 9.17) is 0 Å². The van der Waals surface area contributed by atoms with Crippen molar-refractivity contribution in [3.8, 4) is 0 Å². The Morgan fingerprint density at radius 2 is 1.61 bits per heavy atom. The van der Waals surface area contributed by atoms with Crippen molar-refractivity contribution < 1.29 is 31.5 Å². The van der Waals surface area contributed by atoms with Crippen LogP contribution in [-0.2, 0) is 22.2 Å². The number of hydrogen-bond acceptors (Lipinski definition) is 4. The van der Waals surface area contributed by atoms with E-state index in [9.17, 15) is 31.5 Å². The second-order valence-electron chi connectivity index (χ2n) is 12.4. The number of nitrogens with zero attached hydrogens (tertiary/aromatic N) is 3. The summed E-state index contributed by atoms with van der Waals surface area (Å²) in [6, 6.07) is 7.58. The molecule has 0 unspecified atom stereocenters. The van der Waals surface area contributed by atoms with Gasteiger partial charge in [0.2, 0.25) is 5.91 Å². The molecule has 2 heterocycles. The van der Waals surface area contributed by atoms with Gasteiger partial charge in [-0.1, -0.05) is 18.2 Å². The monoisotopic (exact) mass is 579 g/mol. The number of piperazine rings is 1. The van der Waals surface area contributed by atoms with Crippen molar-refractivity contribution in [2.75, 3.05) is 32.7 Å². The summed E-state index contributed by atoms with van der Waals surface area (Å²) in [6.45, 7) is 11.6. The first-order valence-electron chi connectivity index (χ1n) is 14.0. The van der Waals surface area contributed by atoms with Crippen LogP contribution in [0.1, 0.15) is 57.2 Å². The Bertz CT molecular complexity index is 1260. The van der Waals surface area contributed by atoms with Gasteiger partial charge in [0.25, 0.3) is 0 Å². The van der Waals surface area contributed by atoms with Crippen LogP contribution in [0.5, 0.6) is 0 Å². The van der Waals surface area contributed by atoms with Gasteiger partial charge in [-0.3, -0.25) is 19.4 Å². The molecule has 0 N–H and O–H groups in total. The number of ketones is 1. The average molecular weight is 580 g/mol. The lowest BCUT2D eigenvalue weighted by molar-refractivity contribution is -0.141. The Hall–Kier alpha value is -2.85. The number of amides is 1. The SMILES string of the molecule is CC(=O)[C@H](Cc1ccc(C(F)(F)F)cc1)N1CCN(C(=O)[C@@H]2CN(C(C)(C)C)C[C@H]2c2ccc(F)cc2F)[C@@H](C)C1. The van der Waals surface area contributed by atoms with Gasteiger partial charge in [-0.2, -0.15) is 13.2 Å². The normalized spacial score (nSPS) is 23.6. The molecule has 0 radical (unpaired) electrons. The van der Waals surface area contributed by atoms with E-state index in [2.05, 4.69) is 4.90 Å². The van der Waals surface area contributed by atoms with Crippen LogP contribution in [0.3, 0.4) is 0 Å². The largest absolute Gasteiger partial charge is 0.416 e. The van der Waals surface area contributed by atoms with Crippen LogP contribution < -0.4 is 0 Å². The van der Waals surface area contributed by atoms with Gasteiger partial charge in [0.05, 0.1) is 17.5 Å². The molecule has 5 nitrogen and oxygen atoms in total. The molecule has 2 aliphatic heterocycles. The maximum atomic E-state index is 14.9. The number of alkyl halides is 3. The number of benzene rings is 2. The lowest BCUT2D eigenvalue weighted by Crippen LogP contribution is -2.59. The van der Waals surface area contributed by atoms with Crippen LogP contribution in [0.25, 0.3) is 0 Å². The molecule has 2 aromatic rings. The molecule has 224 valence electrons. The fourth-order valence-electron chi connectivity index (χ4n) is 6.11. The maximum Gasteiger partial charge on any atom is 0.416 e. The number of hydrogen-bond donors (Lipinski definition) is 0. The third-order valence-electron chi connectivity index (χ3n) is 8.51. The fraction of sp³-hybridized carbons (Fsp3) is 0.548. The Kier molecular flexibility index (Phi) is 8.95. The maximum absolute atomic E-state index is 14.9. The Labute approximate surface area is 238 Å². The van der Waals surface area contributed by atoms with Gasteiger partial charge in [0.1, 0.15) is 17.4 Å². The molecule has 41 heavy (non-hydrogen) atoms. The number of Topliss-reactive ketones (excluding diaryl/α,β-unsaturated/α-hetero) is 1. The third-order valence-corrected chi connectivity index (χ3v) is 8.51. The van der Waals surface area contributed by atoms with Crippen molar-refractivity contribution >= 4 is 11.7 Å².